The lowest BCUT2D eigenvalue weighted by Gasteiger charge is -2.26. The number of hydrogen-bond acceptors (Lipinski definition) is 2. The molecule has 0 heterocycles. The van der Waals surface area contributed by atoms with Gasteiger partial charge in [-0.25, -0.2) is 0 Å². The molecule has 1 aromatic rings. The van der Waals surface area contributed by atoms with Gasteiger partial charge in [0.15, 0.2) is 0 Å². The first kappa shape index (κ1) is 16.1. The van der Waals surface area contributed by atoms with Gasteiger partial charge in [0, 0.05) is 17.1 Å². The molecule has 0 aromatic heterocycles. The maximum Gasteiger partial charge on any atom is 0.0630 e. The van der Waals surface area contributed by atoms with E-state index in [0.717, 1.165) is 5.75 Å². The summed E-state index contributed by atoms with van der Waals surface area (Å²) in [5, 5.41) is 8.65. The van der Waals surface area contributed by atoms with Crippen LogP contribution in [0.2, 0.25) is 0 Å². The minimum Gasteiger partial charge on any atom is -0.198 e. The fourth-order valence-electron chi connectivity index (χ4n) is 1.76. The third kappa shape index (κ3) is 4.91. The molecule has 104 valence electrons. The Kier molecular flexibility index (Phi) is 5.10. The maximum absolute atomic E-state index is 8.65. The summed E-state index contributed by atoms with van der Waals surface area (Å²) in [7, 11) is 0. The molecule has 0 aliphatic carbocycles. The molecule has 1 nitrogen and oxygen atoms in total. The third-order valence-electron chi connectivity index (χ3n) is 3.12. The second kappa shape index (κ2) is 6.01. The predicted molar refractivity (Wildman–Crippen MR) is 84.8 cm³/mol. The zero-order chi connectivity index (χ0) is 14.7. The van der Waals surface area contributed by atoms with E-state index in [2.05, 4.69) is 65.8 Å². The summed E-state index contributed by atoms with van der Waals surface area (Å²) in [5.74, 6) is 0.869. The average Bonchev–Trinajstić information content (AvgIpc) is 2.27. The summed E-state index contributed by atoms with van der Waals surface area (Å²) in [5.41, 5.74) is 3.07. The Morgan fingerprint density at radius 3 is 1.79 bits per heavy atom. The molecule has 19 heavy (non-hydrogen) atoms. The van der Waals surface area contributed by atoms with Gasteiger partial charge in [0.1, 0.15) is 0 Å². The van der Waals surface area contributed by atoms with Crippen molar-refractivity contribution in [3.63, 3.8) is 0 Å². The Labute approximate surface area is 122 Å². The number of benzene rings is 1. The summed E-state index contributed by atoms with van der Waals surface area (Å²) in [6.07, 6.45) is 0.606. The second-order valence-corrected chi connectivity index (χ2v) is 8.17. The van der Waals surface area contributed by atoms with Gasteiger partial charge in [-0.15, -0.1) is 11.8 Å². The Morgan fingerprint density at radius 2 is 1.42 bits per heavy atom. The molecule has 2 heteroatoms. The number of rotatable bonds is 3. The fourth-order valence-corrected chi connectivity index (χ4v) is 2.61. The van der Waals surface area contributed by atoms with E-state index in [1.807, 2.05) is 0 Å². The number of nitriles is 1. The largest absolute Gasteiger partial charge is 0.198 e. The van der Waals surface area contributed by atoms with Crippen molar-refractivity contribution >= 4 is 11.8 Å². The van der Waals surface area contributed by atoms with Gasteiger partial charge in [-0.1, -0.05) is 47.6 Å². The first-order valence-corrected chi connectivity index (χ1v) is 7.79. The quantitative estimate of drug-likeness (QED) is 0.553. The number of nitrogens with zero attached hydrogens (tertiary/aromatic N) is 1. The van der Waals surface area contributed by atoms with Crippen molar-refractivity contribution < 1.29 is 0 Å². The molecule has 0 amide bonds. The molecule has 0 radical (unpaired) electrons. The van der Waals surface area contributed by atoms with Gasteiger partial charge in [-0.2, -0.15) is 5.26 Å². The standard InChI is InChI=1S/C17H25NS/c1-16(2,3)13-10-14(17(4,5)6)12-15(11-13)19-9-7-8-18/h10-12H,7,9H2,1-6H3. The Balaban J connectivity index is 3.14. The van der Waals surface area contributed by atoms with E-state index < -0.39 is 0 Å². The Morgan fingerprint density at radius 1 is 0.947 bits per heavy atom. The third-order valence-corrected chi connectivity index (χ3v) is 4.10. The topological polar surface area (TPSA) is 23.8 Å². The molecular weight excluding hydrogens is 250 g/mol. The molecule has 1 rings (SSSR count). The zero-order valence-corrected chi connectivity index (χ0v) is 13.8. The van der Waals surface area contributed by atoms with Gasteiger partial charge in [0.05, 0.1) is 6.07 Å². The van der Waals surface area contributed by atoms with Crippen LogP contribution in [0.15, 0.2) is 23.1 Å². The summed E-state index contributed by atoms with van der Waals surface area (Å²) in [4.78, 5) is 1.28. The molecule has 0 aliphatic rings. The van der Waals surface area contributed by atoms with Crippen LogP contribution in [0.25, 0.3) is 0 Å². The molecule has 0 saturated heterocycles. The van der Waals surface area contributed by atoms with Gasteiger partial charge in [0.2, 0.25) is 0 Å². The molecule has 0 atom stereocenters. The van der Waals surface area contributed by atoms with Gasteiger partial charge < -0.3 is 0 Å². The van der Waals surface area contributed by atoms with E-state index in [1.54, 1.807) is 11.8 Å². The van der Waals surface area contributed by atoms with E-state index in [1.165, 1.54) is 16.0 Å². The van der Waals surface area contributed by atoms with Crippen molar-refractivity contribution in [2.24, 2.45) is 0 Å². The van der Waals surface area contributed by atoms with Crippen LogP contribution in [0.1, 0.15) is 59.1 Å². The van der Waals surface area contributed by atoms with E-state index >= 15 is 0 Å². The van der Waals surface area contributed by atoms with Crippen molar-refractivity contribution in [1.29, 1.82) is 5.26 Å². The van der Waals surface area contributed by atoms with Crippen LogP contribution in [-0.2, 0) is 10.8 Å². The highest BCUT2D eigenvalue weighted by atomic mass is 32.2. The first-order chi connectivity index (χ1) is 8.64. The summed E-state index contributed by atoms with van der Waals surface area (Å²) in [6, 6.07) is 9.08. The highest BCUT2D eigenvalue weighted by molar-refractivity contribution is 7.99. The molecule has 1 aromatic carbocycles. The van der Waals surface area contributed by atoms with Crippen LogP contribution in [0, 0.1) is 11.3 Å². The molecular formula is C17H25NS. The van der Waals surface area contributed by atoms with Gasteiger partial charge in [0.25, 0.3) is 0 Å². The lowest BCUT2D eigenvalue weighted by molar-refractivity contribution is 0.565. The molecule has 0 unspecified atom stereocenters. The molecule has 0 bridgehead atoms. The smallest absolute Gasteiger partial charge is 0.0630 e. The lowest BCUT2D eigenvalue weighted by atomic mass is 9.81. The van der Waals surface area contributed by atoms with Gasteiger partial charge >= 0.3 is 0 Å². The summed E-state index contributed by atoms with van der Waals surface area (Å²) < 4.78 is 0. The van der Waals surface area contributed by atoms with Crippen molar-refractivity contribution in [3.8, 4) is 6.07 Å². The SMILES string of the molecule is CC(C)(C)c1cc(SCCC#N)cc(C(C)(C)C)c1. The predicted octanol–water partition coefficient (Wildman–Crippen LogP) is 5.29. The van der Waals surface area contributed by atoms with Crippen molar-refractivity contribution in [2.45, 2.75) is 63.7 Å². The van der Waals surface area contributed by atoms with Gasteiger partial charge in [-0.05, 0) is 34.1 Å². The lowest BCUT2D eigenvalue weighted by Crippen LogP contribution is -2.16. The minimum absolute atomic E-state index is 0.159. The monoisotopic (exact) mass is 275 g/mol. The van der Waals surface area contributed by atoms with Crippen LogP contribution < -0.4 is 0 Å². The van der Waals surface area contributed by atoms with Crippen molar-refractivity contribution in [3.05, 3.63) is 29.3 Å². The number of hydrogen-bond donors (Lipinski definition) is 0. The molecule has 0 N–H and O–H groups in total. The van der Waals surface area contributed by atoms with Gasteiger partial charge in [-0.3, -0.25) is 0 Å². The Hall–Kier alpha value is -0.940. The summed E-state index contributed by atoms with van der Waals surface area (Å²) >= 11 is 1.78. The van der Waals surface area contributed by atoms with Crippen LogP contribution in [-0.4, -0.2) is 5.75 Å². The minimum atomic E-state index is 0.159. The van der Waals surface area contributed by atoms with Crippen molar-refractivity contribution in [1.82, 2.24) is 0 Å². The molecule has 0 saturated carbocycles. The average molecular weight is 275 g/mol. The number of thioether (sulfide) groups is 1. The highest BCUT2D eigenvalue weighted by Crippen LogP contribution is 2.33. The van der Waals surface area contributed by atoms with E-state index in [-0.39, 0.29) is 10.8 Å². The van der Waals surface area contributed by atoms with E-state index in [4.69, 9.17) is 5.26 Å². The first-order valence-electron chi connectivity index (χ1n) is 6.80. The van der Waals surface area contributed by atoms with Crippen LogP contribution in [0.3, 0.4) is 0 Å². The second-order valence-electron chi connectivity index (χ2n) is 7.00. The molecule has 0 aliphatic heterocycles. The zero-order valence-electron chi connectivity index (χ0n) is 13.0. The normalized spacial score (nSPS) is 12.3. The summed E-state index contributed by atoms with van der Waals surface area (Å²) in [6.45, 7) is 13.5. The van der Waals surface area contributed by atoms with E-state index in [9.17, 15) is 0 Å². The highest BCUT2D eigenvalue weighted by Gasteiger charge is 2.20. The maximum atomic E-state index is 8.65. The van der Waals surface area contributed by atoms with Crippen LogP contribution >= 0.6 is 11.8 Å². The van der Waals surface area contributed by atoms with Crippen LogP contribution in [0.5, 0.6) is 0 Å². The van der Waals surface area contributed by atoms with Crippen LogP contribution in [0.4, 0.5) is 0 Å². The van der Waals surface area contributed by atoms with Crippen molar-refractivity contribution in [2.75, 3.05) is 5.75 Å². The Bertz CT molecular complexity index is 437. The molecule has 0 spiro atoms. The molecule has 0 fully saturated rings. The fraction of sp³-hybridized carbons (Fsp3) is 0.588. The van der Waals surface area contributed by atoms with E-state index in [0.29, 0.717) is 6.42 Å².